The second-order valence-electron chi connectivity index (χ2n) is 3.20. The highest BCUT2D eigenvalue weighted by atomic mass is 16.4. The minimum Gasteiger partial charge on any atom is -0.545 e. The molecule has 0 aliphatic carbocycles. The summed E-state index contributed by atoms with van der Waals surface area (Å²) in [5.41, 5.74) is -1.05. The lowest BCUT2D eigenvalue weighted by Gasteiger charge is -2.23. The predicted molar refractivity (Wildman–Crippen MR) is 50.6 cm³/mol. The normalized spacial score (nSPS) is 10.2. The molecule has 0 amide bonds. The van der Waals surface area contributed by atoms with Crippen molar-refractivity contribution in [3.63, 3.8) is 0 Å². The number of hydrogen-bond donors (Lipinski definition) is 4. The lowest BCUT2D eigenvalue weighted by atomic mass is 9.93. The molecule has 0 bridgehead atoms. The Labute approximate surface area is 88.1 Å². The van der Waals surface area contributed by atoms with Crippen LogP contribution >= 0.6 is 0 Å². The first kappa shape index (κ1) is 16.5. The molecule has 0 unspecified atom stereocenters. The van der Waals surface area contributed by atoms with E-state index in [1.54, 1.807) is 0 Å². The maximum atomic E-state index is 9.49. The average Bonchev–Trinajstić information content (AvgIpc) is 2.23. The van der Waals surface area contributed by atoms with Crippen molar-refractivity contribution >= 4 is 5.97 Å². The molecule has 0 aliphatic rings. The highest BCUT2D eigenvalue weighted by Gasteiger charge is 2.26. The van der Waals surface area contributed by atoms with Crippen LogP contribution in [-0.4, -0.2) is 52.8 Å². The minimum absolute atomic E-state index is 0.0648. The Hall–Kier alpha value is -0.950. The van der Waals surface area contributed by atoms with Crippen LogP contribution in [0.4, 0.5) is 0 Å². The van der Waals surface area contributed by atoms with Crippen molar-refractivity contribution < 1.29 is 30.3 Å². The van der Waals surface area contributed by atoms with Crippen LogP contribution in [0.5, 0.6) is 0 Å². The van der Waals surface area contributed by atoms with Crippen LogP contribution in [0.25, 0.3) is 0 Å². The van der Waals surface area contributed by atoms with E-state index in [9.17, 15) is 9.90 Å². The molecule has 15 heavy (non-hydrogen) atoms. The second kappa shape index (κ2) is 8.37. The molecule has 0 aromatic carbocycles. The van der Waals surface area contributed by atoms with Gasteiger partial charge in [-0.15, -0.1) is 0 Å². The van der Waals surface area contributed by atoms with Gasteiger partial charge in [0, 0.05) is 0 Å². The molecule has 0 heterocycles. The van der Waals surface area contributed by atoms with Crippen molar-refractivity contribution in [1.82, 2.24) is 0 Å². The van der Waals surface area contributed by atoms with Crippen molar-refractivity contribution in [3.05, 3.63) is 12.2 Å². The van der Waals surface area contributed by atoms with E-state index in [-0.39, 0.29) is 5.57 Å². The number of rotatable bonds is 5. The van der Waals surface area contributed by atoms with Crippen molar-refractivity contribution in [3.8, 4) is 0 Å². The van der Waals surface area contributed by atoms with E-state index in [0.29, 0.717) is 0 Å². The molecule has 0 aliphatic heterocycles. The van der Waals surface area contributed by atoms with Gasteiger partial charge in [0.1, 0.15) is 0 Å². The molecule has 4 N–H and O–H groups in total. The lowest BCUT2D eigenvalue weighted by Crippen LogP contribution is -2.37. The molecule has 0 spiro atoms. The monoisotopic (exact) mass is 221 g/mol. The van der Waals surface area contributed by atoms with Crippen LogP contribution in [0.1, 0.15) is 6.92 Å². The standard InChI is InChI=1S/C5H12O4.C4H6O2/c6-1-5(2-7,3-8)4-9;1-3(2)4(5)6/h6-9H,1-4H2;1H2,2H3,(H,5,6)/p-1. The van der Waals surface area contributed by atoms with Gasteiger partial charge in [0.15, 0.2) is 0 Å². The summed E-state index contributed by atoms with van der Waals surface area (Å²) >= 11 is 0. The Bertz CT molecular complexity index is 167. The van der Waals surface area contributed by atoms with Gasteiger partial charge in [0.25, 0.3) is 0 Å². The number of carbonyl (C=O) groups excluding carboxylic acids is 1. The summed E-state index contributed by atoms with van der Waals surface area (Å²) in [6, 6.07) is 0. The molecule has 6 nitrogen and oxygen atoms in total. The number of carboxylic acids is 1. The fourth-order valence-electron chi connectivity index (χ4n) is 0.300. The van der Waals surface area contributed by atoms with E-state index < -0.39 is 37.8 Å². The molecule has 0 aromatic heterocycles. The number of aliphatic hydroxyl groups is 4. The Morgan fingerprint density at radius 1 is 1.13 bits per heavy atom. The van der Waals surface area contributed by atoms with E-state index in [0.717, 1.165) is 0 Å². The van der Waals surface area contributed by atoms with Crippen LogP contribution in [0.15, 0.2) is 12.2 Å². The van der Waals surface area contributed by atoms with E-state index in [1.807, 2.05) is 0 Å². The molecule has 0 rings (SSSR count). The van der Waals surface area contributed by atoms with Gasteiger partial charge in [-0.1, -0.05) is 6.58 Å². The van der Waals surface area contributed by atoms with E-state index >= 15 is 0 Å². The van der Waals surface area contributed by atoms with Gasteiger partial charge < -0.3 is 30.3 Å². The van der Waals surface area contributed by atoms with E-state index in [4.69, 9.17) is 20.4 Å². The summed E-state index contributed by atoms with van der Waals surface area (Å²) in [6.45, 7) is 2.85. The number of aliphatic carboxylic acids is 1. The Morgan fingerprint density at radius 2 is 1.33 bits per heavy atom. The van der Waals surface area contributed by atoms with Crippen LogP contribution in [0.2, 0.25) is 0 Å². The first-order chi connectivity index (χ1) is 6.89. The van der Waals surface area contributed by atoms with Gasteiger partial charge in [-0.2, -0.15) is 0 Å². The summed E-state index contributed by atoms with van der Waals surface area (Å²) in [4.78, 5) is 9.49. The highest BCUT2D eigenvalue weighted by Crippen LogP contribution is 2.11. The number of aliphatic hydroxyl groups excluding tert-OH is 4. The van der Waals surface area contributed by atoms with Gasteiger partial charge in [0.2, 0.25) is 0 Å². The molecule has 0 aromatic rings. The molecular formula is C9H17O6-. The van der Waals surface area contributed by atoms with Crippen LogP contribution in [0.3, 0.4) is 0 Å². The molecule has 0 saturated carbocycles. The summed E-state index contributed by atoms with van der Waals surface area (Å²) in [5.74, 6) is -1.19. The maximum Gasteiger partial charge on any atom is 0.0666 e. The number of hydrogen-bond acceptors (Lipinski definition) is 6. The van der Waals surface area contributed by atoms with Crippen molar-refractivity contribution in [2.24, 2.45) is 5.41 Å². The molecule has 6 heteroatoms. The number of carboxylic acid groups (broad SMARTS) is 1. The van der Waals surface area contributed by atoms with E-state index in [2.05, 4.69) is 6.58 Å². The second-order valence-corrected chi connectivity index (χ2v) is 3.20. The molecule has 0 atom stereocenters. The highest BCUT2D eigenvalue weighted by molar-refractivity contribution is 5.82. The zero-order valence-corrected chi connectivity index (χ0v) is 8.64. The Morgan fingerprint density at radius 3 is 1.33 bits per heavy atom. The third-order valence-corrected chi connectivity index (χ3v) is 1.69. The fourth-order valence-corrected chi connectivity index (χ4v) is 0.300. The third kappa shape index (κ3) is 7.03. The summed E-state index contributed by atoms with van der Waals surface area (Å²) in [5, 5.41) is 43.5. The molecular weight excluding hydrogens is 204 g/mol. The zero-order valence-electron chi connectivity index (χ0n) is 8.64. The van der Waals surface area contributed by atoms with Crippen molar-refractivity contribution in [1.29, 1.82) is 0 Å². The largest absolute Gasteiger partial charge is 0.545 e. The van der Waals surface area contributed by atoms with E-state index in [1.165, 1.54) is 6.92 Å². The molecule has 0 saturated heterocycles. The predicted octanol–water partition coefficient (Wildman–Crippen LogP) is -2.75. The smallest absolute Gasteiger partial charge is 0.0666 e. The minimum atomic E-state index is -1.19. The average molecular weight is 221 g/mol. The van der Waals surface area contributed by atoms with Gasteiger partial charge in [-0.05, 0) is 12.5 Å². The lowest BCUT2D eigenvalue weighted by molar-refractivity contribution is -0.299. The first-order valence-electron chi connectivity index (χ1n) is 4.19. The third-order valence-electron chi connectivity index (χ3n) is 1.69. The van der Waals surface area contributed by atoms with Gasteiger partial charge in [-0.25, -0.2) is 0 Å². The van der Waals surface area contributed by atoms with Crippen molar-refractivity contribution in [2.75, 3.05) is 26.4 Å². The number of carbonyl (C=O) groups is 1. The van der Waals surface area contributed by atoms with Gasteiger partial charge >= 0.3 is 0 Å². The summed E-state index contributed by atoms with van der Waals surface area (Å²) in [6.07, 6.45) is 0. The molecule has 0 fully saturated rings. The Kier molecular flexibility index (Phi) is 9.19. The van der Waals surface area contributed by atoms with Crippen LogP contribution in [0, 0.1) is 5.41 Å². The maximum absolute atomic E-state index is 9.49. The first-order valence-corrected chi connectivity index (χ1v) is 4.19. The van der Waals surface area contributed by atoms with Crippen molar-refractivity contribution in [2.45, 2.75) is 6.92 Å². The fraction of sp³-hybridized carbons (Fsp3) is 0.667. The van der Waals surface area contributed by atoms with Gasteiger partial charge in [0.05, 0.1) is 37.8 Å². The summed E-state index contributed by atoms with van der Waals surface area (Å²) < 4.78 is 0. The van der Waals surface area contributed by atoms with Crippen LogP contribution < -0.4 is 5.11 Å². The SMILES string of the molecule is C=C(C)C(=O)[O-].OCC(CO)(CO)CO. The molecule has 0 radical (unpaired) electrons. The quantitative estimate of drug-likeness (QED) is 0.373. The topological polar surface area (TPSA) is 121 Å². The zero-order chi connectivity index (χ0) is 12.5. The van der Waals surface area contributed by atoms with Crippen LogP contribution in [-0.2, 0) is 4.79 Å². The molecule has 90 valence electrons. The Balaban J connectivity index is 0. The summed E-state index contributed by atoms with van der Waals surface area (Å²) in [7, 11) is 0. The van der Waals surface area contributed by atoms with Gasteiger partial charge in [-0.3, -0.25) is 0 Å².